The Morgan fingerprint density at radius 1 is 1.22 bits per heavy atom. The monoisotopic (exact) mass is 338 g/mol. The number of hydrogen-bond donors (Lipinski definition) is 1. The van der Waals surface area contributed by atoms with Gasteiger partial charge in [-0.05, 0) is 19.1 Å². The standard InChI is InChI=1S/C15H18N2O5S/c1-11(18)12-2-4-13(5-3-12)23(20,21)17-8-6-15(7-9-17)16-14(19)10-22-15/h2-5H,6-10H2,1H3,(H,16,19). The highest BCUT2D eigenvalue weighted by Gasteiger charge is 2.43. The zero-order valence-electron chi connectivity index (χ0n) is 12.7. The summed E-state index contributed by atoms with van der Waals surface area (Å²) >= 11 is 0. The molecule has 0 saturated carbocycles. The molecule has 1 spiro atoms. The lowest BCUT2D eigenvalue weighted by Crippen LogP contribution is -2.52. The van der Waals surface area contributed by atoms with Crippen molar-refractivity contribution in [1.29, 1.82) is 0 Å². The molecule has 23 heavy (non-hydrogen) atoms. The number of amides is 1. The minimum absolute atomic E-state index is 0.0270. The van der Waals surface area contributed by atoms with Gasteiger partial charge in [0.05, 0.1) is 4.90 Å². The van der Waals surface area contributed by atoms with Crippen LogP contribution in [0.3, 0.4) is 0 Å². The first-order chi connectivity index (χ1) is 10.8. The first-order valence-electron chi connectivity index (χ1n) is 7.39. The molecule has 1 amide bonds. The number of Topliss-reactive ketones (excluding diaryl/α,β-unsaturated/α-hetero) is 1. The molecule has 0 bridgehead atoms. The molecule has 2 saturated heterocycles. The second-order valence-corrected chi connectivity index (χ2v) is 7.75. The number of rotatable bonds is 3. The van der Waals surface area contributed by atoms with Crippen molar-refractivity contribution < 1.29 is 22.7 Å². The molecule has 7 nitrogen and oxygen atoms in total. The van der Waals surface area contributed by atoms with Gasteiger partial charge < -0.3 is 10.1 Å². The van der Waals surface area contributed by atoms with E-state index >= 15 is 0 Å². The van der Waals surface area contributed by atoms with E-state index in [1.165, 1.54) is 35.5 Å². The van der Waals surface area contributed by atoms with E-state index in [9.17, 15) is 18.0 Å². The van der Waals surface area contributed by atoms with Crippen molar-refractivity contribution in [3.63, 3.8) is 0 Å². The predicted molar refractivity (Wildman–Crippen MR) is 81.3 cm³/mol. The number of carbonyl (C=O) groups excluding carboxylic acids is 2. The van der Waals surface area contributed by atoms with E-state index in [1.807, 2.05) is 0 Å². The maximum Gasteiger partial charge on any atom is 0.248 e. The van der Waals surface area contributed by atoms with Gasteiger partial charge in [0, 0.05) is 31.5 Å². The van der Waals surface area contributed by atoms with Gasteiger partial charge in [-0.2, -0.15) is 4.31 Å². The van der Waals surface area contributed by atoms with Crippen LogP contribution in [0.5, 0.6) is 0 Å². The fourth-order valence-corrected chi connectivity index (χ4v) is 4.34. The summed E-state index contributed by atoms with van der Waals surface area (Å²) in [7, 11) is -3.61. The van der Waals surface area contributed by atoms with E-state index in [1.54, 1.807) is 0 Å². The third kappa shape index (κ3) is 3.01. The molecular formula is C15H18N2O5S. The van der Waals surface area contributed by atoms with Crippen molar-refractivity contribution >= 4 is 21.7 Å². The molecule has 0 aliphatic carbocycles. The number of piperidine rings is 1. The second-order valence-electron chi connectivity index (χ2n) is 5.82. The van der Waals surface area contributed by atoms with Crippen LogP contribution < -0.4 is 5.32 Å². The number of hydrogen-bond acceptors (Lipinski definition) is 5. The maximum absolute atomic E-state index is 12.6. The number of nitrogens with zero attached hydrogens (tertiary/aromatic N) is 1. The Balaban J connectivity index is 1.74. The number of nitrogens with one attached hydrogen (secondary N) is 1. The van der Waals surface area contributed by atoms with Crippen LogP contribution in [0.25, 0.3) is 0 Å². The van der Waals surface area contributed by atoms with Crippen molar-refractivity contribution in [2.75, 3.05) is 19.7 Å². The SMILES string of the molecule is CC(=O)c1ccc(S(=O)(=O)N2CCC3(CC2)NC(=O)CO3)cc1. The normalized spacial score (nSPS) is 21.3. The van der Waals surface area contributed by atoms with Gasteiger partial charge in [0.1, 0.15) is 12.3 Å². The predicted octanol–water partition coefficient (Wildman–Crippen LogP) is 0.516. The van der Waals surface area contributed by atoms with Gasteiger partial charge in [-0.25, -0.2) is 8.42 Å². The second kappa shape index (κ2) is 5.70. The molecule has 2 aliphatic rings. The summed E-state index contributed by atoms with van der Waals surface area (Å²) < 4.78 is 32.2. The Labute approximate surface area is 134 Å². The van der Waals surface area contributed by atoms with E-state index in [0.717, 1.165) is 0 Å². The van der Waals surface area contributed by atoms with Crippen LogP contribution in [0.1, 0.15) is 30.1 Å². The van der Waals surface area contributed by atoms with E-state index in [0.29, 0.717) is 18.4 Å². The van der Waals surface area contributed by atoms with Crippen LogP contribution in [0.15, 0.2) is 29.2 Å². The van der Waals surface area contributed by atoms with Gasteiger partial charge in [-0.15, -0.1) is 0 Å². The number of ether oxygens (including phenoxy) is 1. The van der Waals surface area contributed by atoms with E-state index < -0.39 is 15.7 Å². The summed E-state index contributed by atoms with van der Waals surface area (Å²) in [6, 6.07) is 5.93. The van der Waals surface area contributed by atoms with Crippen molar-refractivity contribution in [2.45, 2.75) is 30.4 Å². The Morgan fingerprint density at radius 2 is 1.83 bits per heavy atom. The molecular weight excluding hydrogens is 320 g/mol. The molecule has 124 valence electrons. The lowest BCUT2D eigenvalue weighted by atomic mass is 10.0. The number of ketones is 1. The molecule has 2 fully saturated rings. The highest BCUT2D eigenvalue weighted by molar-refractivity contribution is 7.89. The van der Waals surface area contributed by atoms with Crippen molar-refractivity contribution in [3.05, 3.63) is 29.8 Å². The molecule has 0 aromatic heterocycles. The molecule has 1 aromatic rings. The number of benzene rings is 1. The fraction of sp³-hybridized carbons (Fsp3) is 0.467. The van der Waals surface area contributed by atoms with Gasteiger partial charge >= 0.3 is 0 Å². The Kier molecular flexibility index (Phi) is 3.99. The third-order valence-electron chi connectivity index (χ3n) is 4.28. The van der Waals surface area contributed by atoms with Crippen molar-refractivity contribution in [3.8, 4) is 0 Å². The lowest BCUT2D eigenvalue weighted by Gasteiger charge is -2.37. The highest BCUT2D eigenvalue weighted by Crippen LogP contribution is 2.30. The smallest absolute Gasteiger partial charge is 0.248 e. The average Bonchev–Trinajstić information content (AvgIpc) is 2.88. The Bertz CT molecular complexity index is 734. The third-order valence-corrected chi connectivity index (χ3v) is 6.19. The van der Waals surface area contributed by atoms with E-state index in [-0.39, 0.29) is 36.3 Å². The summed E-state index contributed by atoms with van der Waals surface area (Å²) in [4.78, 5) is 22.7. The van der Waals surface area contributed by atoms with Crippen LogP contribution in [0, 0.1) is 0 Å². The van der Waals surface area contributed by atoms with Crippen LogP contribution in [-0.2, 0) is 19.6 Å². The minimum atomic E-state index is -3.61. The topological polar surface area (TPSA) is 92.8 Å². The van der Waals surface area contributed by atoms with Gasteiger partial charge in [0.15, 0.2) is 5.78 Å². The Hall–Kier alpha value is -1.77. The summed E-state index contributed by atoms with van der Waals surface area (Å²) in [6.07, 6.45) is 0.840. The minimum Gasteiger partial charge on any atom is -0.346 e. The summed E-state index contributed by atoms with van der Waals surface area (Å²) in [6.45, 7) is 2.01. The molecule has 3 rings (SSSR count). The van der Waals surface area contributed by atoms with Crippen LogP contribution >= 0.6 is 0 Å². The number of carbonyl (C=O) groups is 2. The number of sulfonamides is 1. The molecule has 8 heteroatoms. The first kappa shape index (κ1) is 16.1. The zero-order chi connectivity index (χ0) is 16.7. The molecule has 2 heterocycles. The molecule has 0 radical (unpaired) electrons. The van der Waals surface area contributed by atoms with Crippen molar-refractivity contribution in [2.24, 2.45) is 0 Å². The maximum atomic E-state index is 12.6. The van der Waals surface area contributed by atoms with Gasteiger partial charge in [0.25, 0.3) is 0 Å². The average molecular weight is 338 g/mol. The van der Waals surface area contributed by atoms with Crippen molar-refractivity contribution in [1.82, 2.24) is 9.62 Å². The summed E-state index contributed by atoms with van der Waals surface area (Å²) in [5, 5.41) is 2.78. The van der Waals surface area contributed by atoms with E-state index in [4.69, 9.17) is 4.74 Å². The molecule has 0 unspecified atom stereocenters. The lowest BCUT2D eigenvalue weighted by molar-refractivity contribution is -0.119. The van der Waals surface area contributed by atoms with E-state index in [2.05, 4.69) is 5.32 Å². The van der Waals surface area contributed by atoms with Gasteiger partial charge in [-0.1, -0.05) is 12.1 Å². The van der Waals surface area contributed by atoms with Crippen LogP contribution in [0.4, 0.5) is 0 Å². The van der Waals surface area contributed by atoms with Crippen LogP contribution in [-0.4, -0.2) is 49.8 Å². The Morgan fingerprint density at radius 3 is 2.30 bits per heavy atom. The molecule has 1 aromatic carbocycles. The highest BCUT2D eigenvalue weighted by atomic mass is 32.2. The molecule has 0 atom stereocenters. The fourth-order valence-electron chi connectivity index (χ4n) is 2.90. The van der Waals surface area contributed by atoms with Gasteiger partial charge in [-0.3, -0.25) is 9.59 Å². The quantitative estimate of drug-likeness (QED) is 0.811. The zero-order valence-corrected chi connectivity index (χ0v) is 13.6. The molecule has 2 aliphatic heterocycles. The summed E-state index contributed by atoms with van der Waals surface area (Å²) in [5.74, 6) is -0.274. The molecule has 1 N–H and O–H groups in total. The first-order valence-corrected chi connectivity index (χ1v) is 8.83. The summed E-state index contributed by atoms with van der Waals surface area (Å²) in [5.41, 5.74) is -0.245. The van der Waals surface area contributed by atoms with Gasteiger partial charge in [0.2, 0.25) is 15.9 Å². The van der Waals surface area contributed by atoms with Crippen LogP contribution in [0.2, 0.25) is 0 Å². The largest absolute Gasteiger partial charge is 0.346 e.